The number of H-pyrrole nitrogens is 1. The smallest absolute Gasteiger partial charge is 0.206 e. The molecule has 0 atom stereocenters. The van der Waals surface area contributed by atoms with E-state index in [-0.39, 0.29) is 9.79 Å². The van der Waals surface area contributed by atoms with E-state index in [0.29, 0.717) is 23.2 Å². The fourth-order valence-electron chi connectivity index (χ4n) is 2.83. The van der Waals surface area contributed by atoms with Gasteiger partial charge >= 0.3 is 0 Å². The maximum atomic E-state index is 12.7. The molecule has 1 aromatic heterocycles. The zero-order valence-corrected chi connectivity index (χ0v) is 16.3. The van der Waals surface area contributed by atoms with Crippen molar-refractivity contribution in [2.75, 3.05) is 11.1 Å². The van der Waals surface area contributed by atoms with Crippen LogP contribution in [0.5, 0.6) is 0 Å². The maximum Gasteiger partial charge on any atom is 0.206 e. The van der Waals surface area contributed by atoms with Crippen molar-refractivity contribution in [3.8, 4) is 0 Å². The second-order valence-corrected chi connectivity index (χ2v) is 8.70. The van der Waals surface area contributed by atoms with Gasteiger partial charge < -0.3 is 16.0 Å². The lowest BCUT2D eigenvalue weighted by Gasteiger charge is -2.07. The predicted molar refractivity (Wildman–Crippen MR) is 111 cm³/mol. The molecular weight excluding hydrogens is 396 g/mol. The molecule has 0 saturated heterocycles. The number of nitrogens with zero attached hydrogens (tertiary/aromatic N) is 1. The number of imidazole rings is 1. The molecule has 0 aliphatic heterocycles. The highest BCUT2D eigenvalue weighted by Crippen LogP contribution is 2.23. The molecule has 0 unspecified atom stereocenters. The number of aromatic amines is 1. The van der Waals surface area contributed by atoms with Gasteiger partial charge in [0.05, 0.1) is 20.8 Å². The molecular formula is C20H17ClN4O2S. The molecule has 4 aromatic rings. The lowest BCUT2D eigenvalue weighted by molar-refractivity contribution is 0.596. The molecule has 0 spiro atoms. The maximum absolute atomic E-state index is 12.7. The number of nitrogen functional groups attached to an aromatic ring is 1. The average molecular weight is 413 g/mol. The van der Waals surface area contributed by atoms with E-state index in [0.717, 1.165) is 16.6 Å². The van der Waals surface area contributed by atoms with E-state index in [2.05, 4.69) is 15.3 Å². The Kier molecular flexibility index (Phi) is 4.70. The second-order valence-electron chi connectivity index (χ2n) is 6.32. The molecule has 0 aliphatic carbocycles. The van der Waals surface area contributed by atoms with Gasteiger partial charge in [-0.2, -0.15) is 0 Å². The van der Waals surface area contributed by atoms with Crippen molar-refractivity contribution in [2.45, 2.75) is 16.3 Å². The molecule has 0 amide bonds. The van der Waals surface area contributed by atoms with E-state index in [9.17, 15) is 8.42 Å². The van der Waals surface area contributed by atoms with Crippen LogP contribution in [0, 0.1) is 0 Å². The number of nitrogens with two attached hydrogens (primary N) is 1. The summed E-state index contributed by atoms with van der Waals surface area (Å²) in [6.45, 7) is 0.497. The zero-order chi connectivity index (χ0) is 19.7. The molecule has 0 fully saturated rings. The van der Waals surface area contributed by atoms with Crippen LogP contribution >= 0.6 is 11.6 Å². The third-order valence-electron chi connectivity index (χ3n) is 4.32. The van der Waals surface area contributed by atoms with Gasteiger partial charge in [-0.15, -0.1) is 0 Å². The number of fused-ring (bicyclic) bond motifs is 1. The molecule has 0 bridgehead atoms. The number of halogens is 1. The third kappa shape index (κ3) is 3.67. The number of anilines is 2. The molecule has 0 aliphatic rings. The number of sulfone groups is 1. The highest BCUT2D eigenvalue weighted by Gasteiger charge is 2.17. The Labute approximate surface area is 167 Å². The summed E-state index contributed by atoms with van der Waals surface area (Å²) < 4.78 is 25.4. The van der Waals surface area contributed by atoms with Gasteiger partial charge in [-0.3, -0.25) is 0 Å². The van der Waals surface area contributed by atoms with Crippen LogP contribution in [0.4, 0.5) is 11.6 Å². The molecule has 0 radical (unpaired) electrons. The Morgan fingerprint density at radius 2 is 1.61 bits per heavy atom. The Morgan fingerprint density at radius 3 is 2.29 bits per heavy atom. The van der Waals surface area contributed by atoms with Gasteiger partial charge in [0.15, 0.2) is 0 Å². The summed E-state index contributed by atoms with van der Waals surface area (Å²) in [5, 5.41) is 3.69. The van der Waals surface area contributed by atoms with Crippen molar-refractivity contribution in [3.05, 3.63) is 77.3 Å². The second kappa shape index (κ2) is 7.18. The first-order valence-electron chi connectivity index (χ1n) is 8.50. The Bertz CT molecular complexity index is 1230. The predicted octanol–water partition coefficient (Wildman–Crippen LogP) is 4.24. The fraction of sp³-hybridized carbons (Fsp3) is 0.0500. The molecule has 4 N–H and O–H groups in total. The van der Waals surface area contributed by atoms with Gasteiger partial charge in [0.2, 0.25) is 15.8 Å². The minimum atomic E-state index is -3.57. The van der Waals surface area contributed by atoms with Gasteiger partial charge in [-0.25, -0.2) is 13.4 Å². The van der Waals surface area contributed by atoms with Gasteiger partial charge in [-0.05, 0) is 60.2 Å². The number of hydrogen-bond acceptors (Lipinski definition) is 5. The topological polar surface area (TPSA) is 101 Å². The van der Waals surface area contributed by atoms with Crippen molar-refractivity contribution >= 4 is 44.1 Å². The Balaban J connectivity index is 1.49. The highest BCUT2D eigenvalue weighted by molar-refractivity contribution is 7.91. The largest absolute Gasteiger partial charge is 0.399 e. The SMILES string of the molecule is Nc1ccc2[nH]c(NCc3ccc(S(=O)(=O)c4ccc(Cl)cc4)cc3)nc2c1. The van der Waals surface area contributed by atoms with Crippen LogP contribution in [0.1, 0.15) is 5.56 Å². The summed E-state index contributed by atoms with van der Waals surface area (Å²) in [7, 11) is -3.57. The first-order chi connectivity index (χ1) is 13.4. The number of benzene rings is 3. The molecule has 1 heterocycles. The lowest BCUT2D eigenvalue weighted by Crippen LogP contribution is -2.04. The van der Waals surface area contributed by atoms with Crippen LogP contribution in [0.15, 0.2) is 76.5 Å². The van der Waals surface area contributed by atoms with E-state index < -0.39 is 9.84 Å². The Morgan fingerprint density at radius 1 is 0.964 bits per heavy atom. The highest BCUT2D eigenvalue weighted by atomic mass is 35.5. The van der Waals surface area contributed by atoms with Crippen molar-refractivity contribution in [3.63, 3.8) is 0 Å². The molecule has 4 rings (SSSR count). The van der Waals surface area contributed by atoms with Gasteiger partial charge in [0.25, 0.3) is 0 Å². The lowest BCUT2D eigenvalue weighted by atomic mass is 10.2. The zero-order valence-electron chi connectivity index (χ0n) is 14.7. The van der Waals surface area contributed by atoms with Crippen molar-refractivity contribution < 1.29 is 8.42 Å². The van der Waals surface area contributed by atoms with E-state index in [1.165, 1.54) is 12.1 Å². The summed E-state index contributed by atoms with van der Waals surface area (Å²) in [5.41, 5.74) is 9.02. The molecule has 3 aromatic carbocycles. The van der Waals surface area contributed by atoms with Crippen LogP contribution < -0.4 is 11.1 Å². The van der Waals surface area contributed by atoms with Gasteiger partial charge in [0, 0.05) is 17.3 Å². The van der Waals surface area contributed by atoms with Crippen molar-refractivity contribution in [1.29, 1.82) is 0 Å². The van der Waals surface area contributed by atoms with E-state index >= 15 is 0 Å². The average Bonchev–Trinajstić information content (AvgIpc) is 3.09. The number of nitrogens with one attached hydrogen (secondary N) is 2. The summed E-state index contributed by atoms with van der Waals surface area (Å²) >= 11 is 5.83. The van der Waals surface area contributed by atoms with Crippen LogP contribution in [0.25, 0.3) is 11.0 Å². The van der Waals surface area contributed by atoms with Gasteiger partial charge in [0.1, 0.15) is 0 Å². The van der Waals surface area contributed by atoms with Gasteiger partial charge in [-0.1, -0.05) is 23.7 Å². The minimum absolute atomic E-state index is 0.212. The first-order valence-corrected chi connectivity index (χ1v) is 10.4. The normalized spacial score (nSPS) is 11.6. The van der Waals surface area contributed by atoms with E-state index in [1.54, 1.807) is 42.5 Å². The number of rotatable bonds is 5. The third-order valence-corrected chi connectivity index (χ3v) is 6.36. The van der Waals surface area contributed by atoms with Crippen LogP contribution in [0.2, 0.25) is 5.02 Å². The first kappa shape index (κ1) is 18.3. The number of aromatic nitrogens is 2. The Hall–Kier alpha value is -3.03. The van der Waals surface area contributed by atoms with E-state index in [1.807, 2.05) is 12.1 Å². The summed E-state index contributed by atoms with van der Waals surface area (Å²) in [6, 6.07) is 18.4. The monoisotopic (exact) mass is 412 g/mol. The number of hydrogen-bond donors (Lipinski definition) is 3. The van der Waals surface area contributed by atoms with Crippen LogP contribution in [0.3, 0.4) is 0 Å². The minimum Gasteiger partial charge on any atom is -0.399 e. The molecule has 142 valence electrons. The van der Waals surface area contributed by atoms with E-state index in [4.69, 9.17) is 17.3 Å². The summed E-state index contributed by atoms with van der Waals surface area (Å²) in [6.07, 6.45) is 0. The van der Waals surface area contributed by atoms with Crippen LogP contribution in [-0.4, -0.2) is 18.4 Å². The fourth-order valence-corrected chi connectivity index (χ4v) is 4.22. The quantitative estimate of drug-likeness (QED) is 0.425. The standard InChI is InChI=1S/C20H17ClN4O2S/c21-14-3-8-17(9-4-14)28(26,27)16-6-1-13(2-7-16)12-23-20-24-18-10-5-15(22)11-19(18)25-20/h1-11H,12,22H2,(H2,23,24,25). The molecule has 0 saturated carbocycles. The van der Waals surface area contributed by atoms with Crippen molar-refractivity contribution in [1.82, 2.24) is 9.97 Å². The molecule has 28 heavy (non-hydrogen) atoms. The van der Waals surface area contributed by atoms with Crippen LogP contribution in [-0.2, 0) is 16.4 Å². The van der Waals surface area contributed by atoms with Crippen molar-refractivity contribution in [2.24, 2.45) is 0 Å². The molecule has 6 nitrogen and oxygen atoms in total. The summed E-state index contributed by atoms with van der Waals surface area (Å²) in [4.78, 5) is 8.06. The summed E-state index contributed by atoms with van der Waals surface area (Å²) in [5.74, 6) is 0.624. The molecule has 8 heteroatoms.